The summed E-state index contributed by atoms with van der Waals surface area (Å²) in [6.45, 7) is 1.74. The van der Waals surface area contributed by atoms with Crippen molar-refractivity contribution >= 4 is 21.8 Å². The number of benzene rings is 1. The third-order valence-electron chi connectivity index (χ3n) is 5.91. The maximum Gasteiger partial charge on any atom is 0.260 e. The molecule has 8 heteroatoms. The number of hydrogen-bond donors (Lipinski definition) is 0. The second-order valence-corrected chi connectivity index (χ2v) is 8.15. The van der Waals surface area contributed by atoms with Gasteiger partial charge < -0.3 is 18.6 Å². The van der Waals surface area contributed by atoms with E-state index in [4.69, 9.17) is 9.47 Å². The van der Waals surface area contributed by atoms with Gasteiger partial charge in [-0.15, -0.1) is 0 Å². The second kappa shape index (κ2) is 8.15. The minimum absolute atomic E-state index is 0.207. The fourth-order valence-electron chi connectivity index (χ4n) is 4.20. The summed E-state index contributed by atoms with van der Waals surface area (Å²) in [6.07, 6.45) is 5.13. The van der Waals surface area contributed by atoms with Crippen LogP contribution in [0, 0.1) is 0 Å². The van der Waals surface area contributed by atoms with Crippen molar-refractivity contribution in [1.82, 2.24) is 19.1 Å². The number of nitrogens with zero attached hydrogens (tertiary/aromatic N) is 4. The van der Waals surface area contributed by atoms with Gasteiger partial charge in [-0.05, 0) is 48.0 Å². The Morgan fingerprint density at radius 1 is 0.765 bits per heavy atom. The lowest BCUT2D eigenvalue weighted by Crippen LogP contribution is -2.23. The number of hydrogen-bond acceptors (Lipinski definition) is 6. The molecule has 0 saturated carbocycles. The monoisotopic (exact) mass is 452 g/mol. The largest absolute Gasteiger partial charge is 0.486 e. The molecule has 0 atom stereocenters. The Morgan fingerprint density at radius 2 is 1.47 bits per heavy atom. The predicted octanol–water partition coefficient (Wildman–Crippen LogP) is 2.97. The van der Waals surface area contributed by atoms with E-state index in [0.717, 1.165) is 11.3 Å². The zero-order valence-corrected chi connectivity index (χ0v) is 18.2. The molecule has 1 aliphatic rings. The molecule has 0 saturated heterocycles. The van der Waals surface area contributed by atoms with Crippen molar-refractivity contribution in [1.29, 1.82) is 0 Å². The Balaban J connectivity index is 1.40. The van der Waals surface area contributed by atoms with Crippen LogP contribution in [0.3, 0.4) is 0 Å². The lowest BCUT2D eigenvalue weighted by Gasteiger charge is -2.19. The van der Waals surface area contributed by atoms with E-state index in [1.165, 1.54) is 0 Å². The number of fused-ring (bicyclic) bond motifs is 3. The summed E-state index contributed by atoms with van der Waals surface area (Å²) in [5.41, 5.74) is 2.38. The first-order chi connectivity index (χ1) is 16.7. The van der Waals surface area contributed by atoms with Gasteiger partial charge in [-0.3, -0.25) is 14.6 Å². The van der Waals surface area contributed by atoms with E-state index in [0.29, 0.717) is 59.6 Å². The third kappa shape index (κ3) is 3.59. The van der Waals surface area contributed by atoms with Crippen molar-refractivity contribution in [2.45, 2.75) is 13.1 Å². The molecule has 4 aromatic heterocycles. The van der Waals surface area contributed by atoms with E-state index in [-0.39, 0.29) is 11.1 Å². The van der Waals surface area contributed by atoms with Crippen LogP contribution in [0.15, 0.2) is 82.8 Å². The van der Waals surface area contributed by atoms with Crippen molar-refractivity contribution in [2.75, 3.05) is 13.2 Å². The van der Waals surface area contributed by atoms with Gasteiger partial charge in [-0.2, -0.15) is 0 Å². The Bertz CT molecular complexity index is 1660. The van der Waals surface area contributed by atoms with Crippen LogP contribution in [-0.2, 0) is 13.1 Å². The first-order valence-electron chi connectivity index (χ1n) is 11.0. The molecule has 0 aliphatic carbocycles. The zero-order chi connectivity index (χ0) is 23.1. The molecule has 5 aromatic rings. The maximum atomic E-state index is 13.3. The number of aromatic nitrogens is 4. The summed E-state index contributed by atoms with van der Waals surface area (Å²) in [4.78, 5) is 35.3. The SMILES string of the molecule is O=c1c2cc3c(=O)n(Cc4ccccn4)ccc3nc2ccn1Cc1ccc2c(c1)OCCO2. The maximum absolute atomic E-state index is 13.3. The standard InChI is InChI=1S/C26H20N4O4/c31-25-19-14-20-22(7-10-30(26(20)32)16-18-3-1-2-8-27-18)28-21(19)6-9-29(25)15-17-4-5-23-24(13-17)34-12-11-33-23/h1-10,13-14H,11-12,15-16H2. The molecule has 0 bridgehead atoms. The van der Waals surface area contributed by atoms with Gasteiger partial charge in [-0.1, -0.05) is 12.1 Å². The highest BCUT2D eigenvalue weighted by atomic mass is 16.6. The molecule has 168 valence electrons. The third-order valence-corrected chi connectivity index (χ3v) is 5.91. The fraction of sp³-hybridized carbons (Fsp3) is 0.154. The molecule has 0 amide bonds. The molecule has 0 fully saturated rings. The van der Waals surface area contributed by atoms with Crippen molar-refractivity contribution in [2.24, 2.45) is 0 Å². The Labute approximate surface area is 193 Å². The van der Waals surface area contributed by atoms with Crippen LogP contribution < -0.4 is 20.6 Å². The predicted molar refractivity (Wildman–Crippen MR) is 128 cm³/mol. The van der Waals surface area contributed by atoms with Crippen LogP contribution in [0.25, 0.3) is 21.8 Å². The zero-order valence-electron chi connectivity index (χ0n) is 18.2. The molecule has 5 heterocycles. The lowest BCUT2D eigenvalue weighted by molar-refractivity contribution is 0.171. The molecule has 8 nitrogen and oxygen atoms in total. The fourth-order valence-corrected chi connectivity index (χ4v) is 4.20. The van der Waals surface area contributed by atoms with Gasteiger partial charge >= 0.3 is 0 Å². The summed E-state index contributed by atoms with van der Waals surface area (Å²) in [5, 5.41) is 0.806. The van der Waals surface area contributed by atoms with E-state index in [2.05, 4.69) is 9.97 Å². The van der Waals surface area contributed by atoms with E-state index < -0.39 is 0 Å². The van der Waals surface area contributed by atoms with Crippen LogP contribution in [0.2, 0.25) is 0 Å². The smallest absolute Gasteiger partial charge is 0.260 e. The molecule has 1 aliphatic heterocycles. The van der Waals surface area contributed by atoms with Gasteiger partial charge in [0, 0.05) is 18.6 Å². The first kappa shape index (κ1) is 20.2. The van der Waals surface area contributed by atoms with Crippen molar-refractivity contribution < 1.29 is 9.47 Å². The van der Waals surface area contributed by atoms with Gasteiger partial charge in [0.15, 0.2) is 11.5 Å². The van der Waals surface area contributed by atoms with Crippen LogP contribution in [-0.4, -0.2) is 32.3 Å². The summed E-state index contributed by atoms with van der Waals surface area (Å²) in [6, 6.07) is 16.5. The summed E-state index contributed by atoms with van der Waals surface area (Å²) in [7, 11) is 0. The Morgan fingerprint density at radius 3 is 2.18 bits per heavy atom. The van der Waals surface area contributed by atoms with Crippen LogP contribution >= 0.6 is 0 Å². The highest BCUT2D eigenvalue weighted by Gasteiger charge is 2.14. The lowest BCUT2D eigenvalue weighted by atomic mass is 10.1. The van der Waals surface area contributed by atoms with Crippen molar-refractivity contribution in [3.05, 3.63) is 105 Å². The highest BCUT2D eigenvalue weighted by molar-refractivity contribution is 5.91. The molecular weight excluding hydrogens is 432 g/mol. The average Bonchev–Trinajstić information content (AvgIpc) is 2.87. The Kier molecular flexibility index (Phi) is 4.83. The van der Waals surface area contributed by atoms with Gasteiger partial charge in [0.05, 0.1) is 40.6 Å². The molecule has 6 rings (SSSR count). The summed E-state index contributed by atoms with van der Waals surface area (Å²) < 4.78 is 14.4. The molecule has 34 heavy (non-hydrogen) atoms. The van der Waals surface area contributed by atoms with E-state index in [1.54, 1.807) is 45.9 Å². The summed E-state index contributed by atoms with van der Waals surface area (Å²) in [5.74, 6) is 1.39. The molecular formula is C26H20N4O4. The van der Waals surface area contributed by atoms with E-state index in [1.807, 2.05) is 36.4 Å². The van der Waals surface area contributed by atoms with Gasteiger partial charge in [-0.25, -0.2) is 4.98 Å². The number of pyridine rings is 4. The molecule has 0 spiro atoms. The first-order valence-corrected chi connectivity index (χ1v) is 11.0. The quantitative estimate of drug-likeness (QED) is 0.390. The van der Waals surface area contributed by atoms with Gasteiger partial charge in [0.25, 0.3) is 11.1 Å². The van der Waals surface area contributed by atoms with Gasteiger partial charge in [0.2, 0.25) is 0 Å². The Hall–Kier alpha value is -4.46. The van der Waals surface area contributed by atoms with Crippen LogP contribution in [0.4, 0.5) is 0 Å². The number of rotatable bonds is 4. The topological polar surface area (TPSA) is 88.2 Å². The molecule has 0 unspecified atom stereocenters. The minimum atomic E-state index is -0.209. The van der Waals surface area contributed by atoms with Crippen LogP contribution in [0.5, 0.6) is 11.5 Å². The van der Waals surface area contributed by atoms with Gasteiger partial charge in [0.1, 0.15) is 13.2 Å². The van der Waals surface area contributed by atoms with Crippen molar-refractivity contribution in [3.8, 4) is 11.5 Å². The molecule has 0 N–H and O–H groups in total. The number of ether oxygens (including phenoxy) is 2. The average molecular weight is 452 g/mol. The normalized spacial score (nSPS) is 12.8. The van der Waals surface area contributed by atoms with Crippen molar-refractivity contribution in [3.63, 3.8) is 0 Å². The van der Waals surface area contributed by atoms with E-state index in [9.17, 15) is 9.59 Å². The molecule has 0 radical (unpaired) electrons. The summed E-state index contributed by atoms with van der Waals surface area (Å²) >= 11 is 0. The highest BCUT2D eigenvalue weighted by Crippen LogP contribution is 2.31. The van der Waals surface area contributed by atoms with Crippen LogP contribution in [0.1, 0.15) is 11.3 Å². The van der Waals surface area contributed by atoms with E-state index >= 15 is 0 Å². The minimum Gasteiger partial charge on any atom is -0.486 e. The second-order valence-electron chi connectivity index (χ2n) is 8.15. The molecule has 1 aromatic carbocycles.